The second-order valence-electron chi connectivity index (χ2n) is 8.64. The molecule has 0 unspecified atom stereocenters. The Labute approximate surface area is 225 Å². The fourth-order valence-corrected chi connectivity index (χ4v) is 5.46. The number of ether oxygens (including phenoxy) is 2. The SMILES string of the molecule is COc1nccc(-c2ccc(C(=O)CS(=O)(=O)c3cccc(N)n3)c(Oc3c(C)cc(C)cc3C)n2)c1Cl. The van der Waals surface area contributed by atoms with E-state index in [0.29, 0.717) is 17.0 Å². The summed E-state index contributed by atoms with van der Waals surface area (Å²) >= 11 is 6.46. The number of rotatable bonds is 8. The highest BCUT2D eigenvalue weighted by molar-refractivity contribution is 7.92. The van der Waals surface area contributed by atoms with Crippen LogP contribution in [-0.4, -0.2) is 42.0 Å². The third-order valence-corrected chi connectivity index (χ3v) is 7.55. The molecule has 4 aromatic rings. The minimum atomic E-state index is -4.09. The molecular weight excluding hydrogens is 528 g/mol. The van der Waals surface area contributed by atoms with Crippen molar-refractivity contribution in [3.8, 4) is 28.8 Å². The van der Waals surface area contributed by atoms with Crippen LogP contribution in [0.1, 0.15) is 27.0 Å². The number of hydrogen-bond donors (Lipinski definition) is 1. The van der Waals surface area contributed by atoms with Gasteiger partial charge in [-0.1, -0.05) is 35.4 Å². The summed E-state index contributed by atoms with van der Waals surface area (Å²) in [7, 11) is -2.64. The quantitative estimate of drug-likeness (QED) is 0.294. The van der Waals surface area contributed by atoms with Crippen molar-refractivity contribution in [3.63, 3.8) is 0 Å². The zero-order valence-corrected chi connectivity index (χ0v) is 22.7. The molecule has 3 heterocycles. The van der Waals surface area contributed by atoms with Crippen molar-refractivity contribution in [1.82, 2.24) is 15.0 Å². The molecule has 1 aromatic carbocycles. The number of nitrogen functional groups attached to an aromatic ring is 1. The molecule has 0 atom stereocenters. The number of Topliss-reactive ketones (excluding diaryl/α,β-unsaturated/α-hetero) is 1. The van der Waals surface area contributed by atoms with Crippen molar-refractivity contribution >= 4 is 33.0 Å². The molecule has 196 valence electrons. The average molecular weight is 553 g/mol. The lowest BCUT2D eigenvalue weighted by Crippen LogP contribution is -2.19. The predicted octanol–water partition coefficient (Wildman–Crippen LogP) is 5.16. The van der Waals surface area contributed by atoms with Gasteiger partial charge in [-0.3, -0.25) is 4.79 Å². The summed E-state index contributed by atoms with van der Waals surface area (Å²) in [5.41, 5.74) is 9.19. The molecule has 0 aliphatic rings. The fraction of sp³-hybridized carbons (Fsp3) is 0.185. The van der Waals surface area contributed by atoms with E-state index in [1.807, 2.05) is 32.9 Å². The first-order valence-electron chi connectivity index (χ1n) is 11.4. The lowest BCUT2D eigenvalue weighted by Gasteiger charge is -2.16. The van der Waals surface area contributed by atoms with Crippen LogP contribution < -0.4 is 15.2 Å². The number of benzene rings is 1. The summed E-state index contributed by atoms with van der Waals surface area (Å²) in [6.45, 7) is 5.72. The van der Waals surface area contributed by atoms with Crippen LogP contribution in [0.3, 0.4) is 0 Å². The van der Waals surface area contributed by atoms with Crippen LogP contribution in [0.25, 0.3) is 11.3 Å². The van der Waals surface area contributed by atoms with Gasteiger partial charge in [-0.2, -0.15) is 0 Å². The maximum absolute atomic E-state index is 13.4. The van der Waals surface area contributed by atoms with Gasteiger partial charge in [0.1, 0.15) is 22.3 Å². The second kappa shape index (κ2) is 10.8. The Morgan fingerprint density at radius 2 is 1.71 bits per heavy atom. The Morgan fingerprint density at radius 1 is 1.00 bits per heavy atom. The average Bonchev–Trinajstić information content (AvgIpc) is 2.86. The highest BCUT2D eigenvalue weighted by atomic mass is 35.5. The second-order valence-corrected chi connectivity index (χ2v) is 11.0. The maximum atomic E-state index is 13.4. The number of carbonyl (C=O) groups is 1. The molecule has 0 fully saturated rings. The molecule has 0 aliphatic carbocycles. The Kier molecular flexibility index (Phi) is 7.66. The van der Waals surface area contributed by atoms with Gasteiger partial charge in [-0.25, -0.2) is 23.4 Å². The lowest BCUT2D eigenvalue weighted by atomic mass is 10.1. The Bertz CT molecular complexity index is 1630. The molecule has 0 radical (unpaired) electrons. The number of hydrogen-bond acceptors (Lipinski definition) is 9. The number of anilines is 1. The molecule has 4 rings (SSSR count). The first kappa shape index (κ1) is 27.0. The number of methoxy groups -OCH3 is 1. The monoisotopic (exact) mass is 552 g/mol. The number of nitrogens with two attached hydrogens (primary N) is 1. The van der Waals surface area contributed by atoms with Gasteiger partial charge in [0.15, 0.2) is 10.8 Å². The van der Waals surface area contributed by atoms with Crippen molar-refractivity contribution in [2.24, 2.45) is 0 Å². The van der Waals surface area contributed by atoms with E-state index in [1.54, 1.807) is 12.1 Å². The summed E-state index contributed by atoms with van der Waals surface area (Å²) in [6.07, 6.45) is 1.51. The van der Waals surface area contributed by atoms with E-state index in [0.717, 1.165) is 16.7 Å². The molecule has 0 bridgehead atoms. The van der Waals surface area contributed by atoms with Gasteiger partial charge in [0, 0.05) is 11.8 Å². The predicted molar refractivity (Wildman–Crippen MR) is 145 cm³/mol. The number of aryl methyl sites for hydroxylation is 3. The Morgan fingerprint density at radius 3 is 2.37 bits per heavy atom. The standard InChI is InChI=1S/C27H25ClN4O5S/c1-15-12-16(2)25(17(3)13-15)37-26-19(21(33)14-38(34,35)23-7-5-6-22(29)32-23)8-9-20(31-26)18-10-11-30-27(36-4)24(18)28/h5-13H,14H2,1-4H3,(H2,29,32). The topological polar surface area (TPSA) is 134 Å². The largest absolute Gasteiger partial charge is 0.480 e. The maximum Gasteiger partial charge on any atom is 0.232 e. The van der Waals surface area contributed by atoms with E-state index in [-0.39, 0.29) is 33.2 Å². The molecule has 2 N–H and O–H groups in total. The molecule has 3 aromatic heterocycles. The van der Waals surface area contributed by atoms with Gasteiger partial charge in [0.25, 0.3) is 0 Å². The molecule has 0 saturated carbocycles. The van der Waals surface area contributed by atoms with E-state index in [1.165, 1.54) is 37.6 Å². The summed E-state index contributed by atoms with van der Waals surface area (Å²) in [4.78, 5) is 25.9. The van der Waals surface area contributed by atoms with Crippen molar-refractivity contribution in [2.75, 3.05) is 18.6 Å². The molecule has 0 amide bonds. The molecule has 0 aliphatic heterocycles. The molecule has 9 nitrogen and oxygen atoms in total. The van der Waals surface area contributed by atoms with Crippen LogP contribution in [0.15, 0.2) is 59.8 Å². The number of sulfone groups is 1. The lowest BCUT2D eigenvalue weighted by molar-refractivity contribution is 0.101. The van der Waals surface area contributed by atoms with E-state index < -0.39 is 21.4 Å². The number of ketones is 1. The zero-order chi connectivity index (χ0) is 27.6. The Balaban J connectivity index is 1.81. The van der Waals surface area contributed by atoms with Crippen LogP contribution in [0.4, 0.5) is 5.82 Å². The van der Waals surface area contributed by atoms with Gasteiger partial charge in [0.05, 0.1) is 18.4 Å². The van der Waals surface area contributed by atoms with Crippen LogP contribution in [0.5, 0.6) is 17.5 Å². The Hall–Kier alpha value is -4.02. The highest BCUT2D eigenvalue weighted by Crippen LogP contribution is 2.36. The zero-order valence-electron chi connectivity index (χ0n) is 21.1. The normalized spacial score (nSPS) is 11.3. The number of carbonyl (C=O) groups excluding carboxylic acids is 1. The number of aromatic nitrogens is 3. The summed E-state index contributed by atoms with van der Waals surface area (Å²) in [5.74, 6) is -0.887. The van der Waals surface area contributed by atoms with Crippen LogP contribution >= 0.6 is 11.6 Å². The summed E-state index contributed by atoms with van der Waals surface area (Å²) in [5, 5.41) is -0.0654. The summed E-state index contributed by atoms with van der Waals surface area (Å²) < 4.78 is 37.3. The molecule has 38 heavy (non-hydrogen) atoms. The highest BCUT2D eigenvalue weighted by Gasteiger charge is 2.26. The minimum absolute atomic E-state index is 0.0160. The first-order valence-corrected chi connectivity index (χ1v) is 13.5. The number of pyridine rings is 3. The van der Waals surface area contributed by atoms with Crippen molar-refractivity contribution < 1.29 is 22.7 Å². The van der Waals surface area contributed by atoms with E-state index in [2.05, 4.69) is 15.0 Å². The van der Waals surface area contributed by atoms with Gasteiger partial charge in [-0.05, 0) is 62.2 Å². The van der Waals surface area contributed by atoms with Crippen LogP contribution in [-0.2, 0) is 9.84 Å². The third-order valence-electron chi connectivity index (χ3n) is 5.68. The molecule has 0 saturated heterocycles. The van der Waals surface area contributed by atoms with Crippen molar-refractivity contribution in [1.29, 1.82) is 0 Å². The van der Waals surface area contributed by atoms with E-state index >= 15 is 0 Å². The van der Waals surface area contributed by atoms with Crippen molar-refractivity contribution in [3.05, 3.63) is 82.0 Å². The molecule has 0 spiro atoms. The van der Waals surface area contributed by atoms with Gasteiger partial charge in [0.2, 0.25) is 21.6 Å². The third kappa shape index (κ3) is 5.61. The number of halogens is 1. The van der Waals surface area contributed by atoms with E-state index in [9.17, 15) is 13.2 Å². The van der Waals surface area contributed by atoms with Gasteiger partial charge < -0.3 is 15.2 Å². The van der Waals surface area contributed by atoms with E-state index in [4.69, 9.17) is 26.8 Å². The number of nitrogens with zero attached hydrogens (tertiary/aromatic N) is 3. The molecule has 11 heteroatoms. The van der Waals surface area contributed by atoms with Crippen LogP contribution in [0.2, 0.25) is 5.02 Å². The first-order chi connectivity index (χ1) is 18.0. The fourth-order valence-electron chi connectivity index (χ4n) is 4.00. The molecular formula is C27H25ClN4O5S. The van der Waals surface area contributed by atoms with Gasteiger partial charge >= 0.3 is 0 Å². The van der Waals surface area contributed by atoms with Crippen molar-refractivity contribution in [2.45, 2.75) is 25.8 Å². The minimum Gasteiger partial charge on any atom is -0.480 e. The van der Waals surface area contributed by atoms with Gasteiger partial charge in [-0.15, -0.1) is 0 Å². The van der Waals surface area contributed by atoms with Crippen LogP contribution in [0, 0.1) is 20.8 Å². The summed E-state index contributed by atoms with van der Waals surface area (Å²) in [6, 6.07) is 12.8. The smallest absolute Gasteiger partial charge is 0.232 e.